The molecule has 0 spiro atoms. The maximum absolute atomic E-state index is 9.34. The molecule has 2 aliphatic carbocycles. The molecule has 0 aromatic heterocycles. The van der Waals surface area contributed by atoms with Crippen LogP contribution in [0, 0.1) is 28.6 Å². The minimum Gasteiger partial charge on any atom is -0.328 e. The Bertz CT molecular complexity index is 408. The molecule has 4 heteroatoms. The smallest absolute Gasteiger partial charge is 0.0686 e. The Balaban J connectivity index is 1.46. The number of nitrogens with zero attached hydrogens (tertiary/aromatic N) is 1. The summed E-state index contributed by atoms with van der Waals surface area (Å²) in [5.41, 5.74) is 5.67. The van der Waals surface area contributed by atoms with Gasteiger partial charge in [-0.1, -0.05) is 0 Å². The first kappa shape index (κ1) is 15.3. The number of rotatable bonds is 4. The molecule has 21 heavy (non-hydrogen) atoms. The quantitative estimate of drug-likeness (QED) is 0.741. The summed E-state index contributed by atoms with van der Waals surface area (Å²) in [6.45, 7) is 4.19. The minimum atomic E-state index is -0.188. The fourth-order valence-electron chi connectivity index (χ4n) is 4.46. The van der Waals surface area contributed by atoms with Crippen molar-refractivity contribution in [3.05, 3.63) is 0 Å². The van der Waals surface area contributed by atoms with E-state index in [0.717, 1.165) is 12.3 Å². The molecule has 118 valence electrons. The third kappa shape index (κ3) is 3.26. The van der Waals surface area contributed by atoms with Crippen molar-refractivity contribution in [2.75, 3.05) is 0 Å². The monoisotopic (exact) mass is 290 g/mol. The lowest BCUT2D eigenvalue weighted by Crippen LogP contribution is -2.43. The van der Waals surface area contributed by atoms with Crippen LogP contribution < -0.4 is 16.4 Å². The van der Waals surface area contributed by atoms with E-state index in [4.69, 9.17) is 5.73 Å². The highest BCUT2D eigenvalue weighted by atomic mass is 15.2. The fraction of sp³-hybridized carbons (Fsp3) is 0.941. The lowest BCUT2D eigenvalue weighted by Gasteiger charge is -2.37. The van der Waals surface area contributed by atoms with Crippen molar-refractivity contribution in [3.8, 4) is 6.07 Å². The number of fused-ring (bicyclic) bond motifs is 1. The van der Waals surface area contributed by atoms with E-state index in [-0.39, 0.29) is 5.41 Å². The van der Waals surface area contributed by atoms with Crippen LogP contribution in [0.25, 0.3) is 0 Å². The van der Waals surface area contributed by atoms with Gasteiger partial charge in [-0.15, -0.1) is 0 Å². The van der Waals surface area contributed by atoms with Gasteiger partial charge in [0, 0.05) is 18.1 Å². The zero-order valence-corrected chi connectivity index (χ0v) is 13.4. The number of nitrogens with one attached hydrogen (secondary N) is 2. The van der Waals surface area contributed by atoms with Crippen molar-refractivity contribution in [2.24, 2.45) is 23.0 Å². The standard InChI is InChI=1S/C17H30N4/c1-17(2,10-18)12-4-5-14-15(9-12)21-16(20-14)6-3-11-7-13(19)8-11/h11-16,20-21H,3-9,19H2,1-2H3. The van der Waals surface area contributed by atoms with Crippen LogP contribution >= 0.6 is 0 Å². The maximum Gasteiger partial charge on any atom is 0.0686 e. The molecule has 4 atom stereocenters. The Morgan fingerprint density at radius 1 is 1.10 bits per heavy atom. The average molecular weight is 290 g/mol. The van der Waals surface area contributed by atoms with Crippen molar-refractivity contribution in [1.29, 1.82) is 5.26 Å². The molecule has 1 aliphatic heterocycles. The molecule has 0 aromatic rings. The van der Waals surface area contributed by atoms with Crippen molar-refractivity contribution in [3.63, 3.8) is 0 Å². The van der Waals surface area contributed by atoms with Crippen molar-refractivity contribution >= 4 is 0 Å². The van der Waals surface area contributed by atoms with E-state index in [2.05, 4.69) is 30.6 Å². The molecule has 3 rings (SSSR count). The van der Waals surface area contributed by atoms with Crippen LogP contribution in [0.3, 0.4) is 0 Å². The van der Waals surface area contributed by atoms with Crippen LogP contribution in [0.15, 0.2) is 0 Å². The number of hydrogen-bond acceptors (Lipinski definition) is 4. The van der Waals surface area contributed by atoms with Crippen LogP contribution in [-0.4, -0.2) is 24.3 Å². The van der Waals surface area contributed by atoms with E-state index in [9.17, 15) is 5.26 Å². The predicted molar refractivity (Wildman–Crippen MR) is 84.3 cm³/mol. The van der Waals surface area contributed by atoms with Gasteiger partial charge in [-0.2, -0.15) is 5.26 Å². The van der Waals surface area contributed by atoms with E-state index < -0.39 is 0 Å². The van der Waals surface area contributed by atoms with Crippen LogP contribution in [-0.2, 0) is 0 Å². The lowest BCUT2D eigenvalue weighted by atomic mass is 9.69. The van der Waals surface area contributed by atoms with Gasteiger partial charge < -0.3 is 5.73 Å². The van der Waals surface area contributed by atoms with E-state index >= 15 is 0 Å². The number of nitriles is 1. The van der Waals surface area contributed by atoms with E-state index in [1.165, 1.54) is 38.5 Å². The Labute approximate surface area is 128 Å². The molecule has 0 bridgehead atoms. The van der Waals surface area contributed by atoms with Crippen LogP contribution in [0.1, 0.15) is 58.8 Å². The van der Waals surface area contributed by atoms with Gasteiger partial charge in [0.2, 0.25) is 0 Å². The topological polar surface area (TPSA) is 73.9 Å². The molecular weight excluding hydrogens is 260 g/mol. The summed E-state index contributed by atoms with van der Waals surface area (Å²) >= 11 is 0. The highest BCUT2D eigenvalue weighted by Gasteiger charge is 2.42. The maximum atomic E-state index is 9.34. The SMILES string of the molecule is CC(C)(C#N)C1CCC2NC(CCC3CC(N)C3)NC2C1. The van der Waals surface area contributed by atoms with E-state index in [1.54, 1.807) is 0 Å². The third-order valence-electron chi connectivity index (χ3n) is 6.13. The predicted octanol–water partition coefficient (Wildman–Crippen LogP) is 2.11. The van der Waals surface area contributed by atoms with Crippen LogP contribution in [0.5, 0.6) is 0 Å². The molecule has 0 amide bonds. The molecule has 4 N–H and O–H groups in total. The largest absolute Gasteiger partial charge is 0.328 e. The molecule has 0 aromatic carbocycles. The zero-order valence-electron chi connectivity index (χ0n) is 13.4. The van der Waals surface area contributed by atoms with E-state index in [1.807, 2.05) is 0 Å². The zero-order chi connectivity index (χ0) is 15.0. The molecule has 0 radical (unpaired) electrons. The summed E-state index contributed by atoms with van der Waals surface area (Å²) in [6.07, 6.45) is 8.96. The Morgan fingerprint density at radius 3 is 2.48 bits per heavy atom. The Hall–Kier alpha value is -0.630. The Kier molecular flexibility index (Phi) is 4.27. The summed E-state index contributed by atoms with van der Waals surface area (Å²) in [5, 5.41) is 16.9. The van der Waals surface area contributed by atoms with Crippen molar-refractivity contribution in [1.82, 2.24) is 10.6 Å². The highest BCUT2D eigenvalue weighted by Crippen LogP contribution is 2.39. The minimum absolute atomic E-state index is 0.188. The first-order valence-corrected chi connectivity index (χ1v) is 8.67. The summed E-state index contributed by atoms with van der Waals surface area (Å²) in [7, 11) is 0. The highest BCUT2D eigenvalue weighted by molar-refractivity contribution is 5.05. The first-order chi connectivity index (χ1) is 9.98. The second kappa shape index (κ2) is 5.87. The number of hydrogen-bond donors (Lipinski definition) is 3. The van der Waals surface area contributed by atoms with Gasteiger partial charge in [0.25, 0.3) is 0 Å². The first-order valence-electron chi connectivity index (χ1n) is 8.67. The summed E-state index contributed by atoms with van der Waals surface area (Å²) in [6, 6.07) is 4.15. The van der Waals surface area contributed by atoms with Gasteiger partial charge >= 0.3 is 0 Å². The van der Waals surface area contributed by atoms with Gasteiger partial charge in [0.05, 0.1) is 17.6 Å². The molecule has 4 unspecified atom stereocenters. The summed E-state index contributed by atoms with van der Waals surface area (Å²) < 4.78 is 0. The molecule has 4 nitrogen and oxygen atoms in total. The lowest BCUT2D eigenvalue weighted by molar-refractivity contribution is 0.182. The van der Waals surface area contributed by atoms with E-state index in [0.29, 0.717) is 30.2 Å². The van der Waals surface area contributed by atoms with Crippen molar-refractivity contribution < 1.29 is 0 Å². The van der Waals surface area contributed by atoms with Gasteiger partial charge in [-0.3, -0.25) is 10.6 Å². The molecule has 1 heterocycles. The van der Waals surface area contributed by atoms with Crippen molar-refractivity contribution in [2.45, 2.75) is 83.1 Å². The second-order valence-corrected chi connectivity index (χ2v) is 8.12. The Morgan fingerprint density at radius 2 is 1.81 bits per heavy atom. The molecular formula is C17H30N4. The van der Waals surface area contributed by atoms with Gasteiger partial charge in [-0.05, 0) is 70.6 Å². The summed E-state index contributed by atoms with van der Waals surface area (Å²) in [5.74, 6) is 1.39. The fourth-order valence-corrected chi connectivity index (χ4v) is 4.46. The molecule has 3 aliphatic rings. The molecule has 2 saturated carbocycles. The number of nitrogens with two attached hydrogens (primary N) is 1. The second-order valence-electron chi connectivity index (χ2n) is 8.12. The van der Waals surface area contributed by atoms with Gasteiger partial charge in [0.15, 0.2) is 0 Å². The van der Waals surface area contributed by atoms with Crippen LogP contribution in [0.2, 0.25) is 0 Å². The normalized spacial score (nSPS) is 43.0. The molecule has 1 saturated heterocycles. The summed E-state index contributed by atoms with van der Waals surface area (Å²) in [4.78, 5) is 0. The third-order valence-corrected chi connectivity index (χ3v) is 6.13. The van der Waals surface area contributed by atoms with Crippen LogP contribution in [0.4, 0.5) is 0 Å². The average Bonchev–Trinajstić information content (AvgIpc) is 2.84. The van der Waals surface area contributed by atoms with Gasteiger partial charge in [0.1, 0.15) is 0 Å². The van der Waals surface area contributed by atoms with Gasteiger partial charge in [-0.25, -0.2) is 0 Å². The molecule has 3 fully saturated rings.